The largest absolute Gasteiger partial charge is 0.453 e. The summed E-state index contributed by atoms with van der Waals surface area (Å²) in [7, 11) is -3.70. The number of nitrogens with zero attached hydrogens (tertiary/aromatic N) is 4. The molecule has 9 nitrogen and oxygen atoms in total. The summed E-state index contributed by atoms with van der Waals surface area (Å²) in [5, 5.41) is 5.82. The van der Waals surface area contributed by atoms with E-state index < -0.39 is 27.9 Å². The minimum Gasteiger partial charge on any atom is -0.321 e. The van der Waals surface area contributed by atoms with Crippen LogP contribution < -0.4 is 10.0 Å². The van der Waals surface area contributed by atoms with Gasteiger partial charge in [-0.25, -0.2) is 18.1 Å². The number of carbonyl (C=O) groups excluding carboxylic acids is 1. The van der Waals surface area contributed by atoms with Gasteiger partial charge in [0, 0.05) is 17.4 Å². The second-order valence-electron chi connectivity index (χ2n) is 6.68. The van der Waals surface area contributed by atoms with E-state index in [0.29, 0.717) is 4.52 Å². The molecule has 1 amide bonds. The van der Waals surface area contributed by atoms with Crippen molar-refractivity contribution < 1.29 is 26.4 Å². The SMILES string of the molecule is Cc1cc(C(=O)Nc2ccc(S(=O)(=O)NC(C)C)cc2)n2nc(C(F)(F)F)nc2n1. The fourth-order valence-electron chi connectivity index (χ4n) is 2.56. The molecule has 30 heavy (non-hydrogen) atoms. The lowest BCUT2D eigenvalue weighted by molar-refractivity contribution is -0.144. The van der Waals surface area contributed by atoms with Crippen LogP contribution in [0.15, 0.2) is 35.2 Å². The van der Waals surface area contributed by atoms with Gasteiger partial charge < -0.3 is 5.32 Å². The van der Waals surface area contributed by atoms with Gasteiger partial charge in [-0.1, -0.05) is 0 Å². The van der Waals surface area contributed by atoms with Gasteiger partial charge in [-0.3, -0.25) is 4.79 Å². The van der Waals surface area contributed by atoms with Crippen molar-refractivity contribution in [1.82, 2.24) is 24.3 Å². The van der Waals surface area contributed by atoms with Crippen LogP contribution in [0.2, 0.25) is 0 Å². The summed E-state index contributed by atoms with van der Waals surface area (Å²) in [6.45, 7) is 4.86. The van der Waals surface area contributed by atoms with Gasteiger partial charge in [-0.15, -0.1) is 5.10 Å². The van der Waals surface area contributed by atoms with Crippen molar-refractivity contribution in [2.24, 2.45) is 0 Å². The van der Waals surface area contributed by atoms with E-state index in [4.69, 9.17) is 0 Å². The maximum absolute atomic E-state index is 12.9. The summed E-state index contributed by atoms with van der Waals surface area (Å²) in [6, 6.07) is 6.29. The number of fused-ring (bicyclic) bond motifs is 1. The smallest absolute Gasteiger partial charge is 0.321 e. The third-order valence-corrected chi connectivity index (χ3v) is 5.41. The van der Waals surface area contributed by atoms with Crippen LogP contribution in [-0.4, -0.2) is 39.9 Å². The van der Waals surface area contributed by atoms with E-state index in [1.54, 1.807) is 13.8 Å². The molecule has 2 aromatic heterocycles. The molecule has 3 aromatic rings. The molecule has 13 heteroatoms. The molecular weight excluding hydrogens is 425 g/mol. The summed E-state index contributed by atoms with van der Waals surface area (Å²) in [4.78, 5) is 19.8. The van der Waals surface area contributed by atoms with Crippen molar-refractivity contribution in [2.75, 3.05) is 5.32 Å². The molecular formula is C17H17F3N6O3S. The number of hydrogen-bond donors (Lipinski definition) is 2. The molecule has 160 valence electrons. The van der Waals surface area contributed by atoms with Crippen LogP contribution in [0.25, 0.3) is 5.78 Å². The molecule has 0 unspecified atom stereocenters. The standard InChI is InChI=1S/C17H17F3N6O3S/c1-9(2)25-30(28,29)12-6-4-11(5-7-12)22-14(27)13-8-10(3)21-16-23-15(17(18,19)20)24-26(13)16/h4-9,25H,1-3H3,(H,22,27). The molecule has 0 spiro atoms. The number of nitrogens with one attached hydrogen (secondary N) is 2. The zero-order valence-electron chi connectivity index (χ0n) is 16.0. The Morgan fingerprint density at radius 1 is 1.13 bits per heavy atom. The monoisotopic (exact) mass is 442 g/mol. The van der Waals surface area contributed by atoms with Crippen molar-refractivity contribution in [1.29, 1.82) is 0 Å². The molecule has 0 saturated heterocycles. The van der Waals surface area contributed by atoms with Crippen LogP contribution in [0.4, 0.5) is 18.9 Å². The number of aromatic nitrogens is 4. The summed E-state index contributed by atoms with van der Waals surface area (Å²) in [5.41, 5.74) is 0.302. The zero-order valence-corrected chi connectivity index (χ0v) is 16.8. The quantitative estimate of drug-likeness (QED) is 0.626. The number of anilines is 1. The normalized spacial score (nSPS) is 12.5. The predicted molar refractivity (Wildman–Crippen MR) is 100 cm³/mol. The first-order valence-electron chi connectivity index (χ1n) is 8.62. The molecule has 1 aromatic carbocycles. The number of carbonyl (C=O) groups is 1. The highest BCUT2D eigenvalue weighted by Crippen LogP contribution is 2.26. The lowest BCUT2D eigenvalue weighted by Gasteiger charge is -2.11. The van der Waals surface area contributed by atoms with Gasteiger partial charge in [-0.2, -0.15) is 22.7 Å². The summed E-state index contributed by atoms with van der Waals surface area (Å²) < 4.78 is 66.1. The molecule has 0 saturated carbocycles. The average molecular weight is 442 g/mol. The van der Waals surface area contributed by atoms with E-state index in [-0.39, 0.29) is 33.8 Å². The van der Waals surface area contributed by atoms with Gasteiger partial charge in [0.25, 0.3) is 17.5 Å². The number of alkyl halides is 3. The Labute approximate surface area is 169 Å². The van der Waals surface area contributed by atoms with E-state index in [2.05, 4.69) is 25.1 Å². The molecule has 0 bridgehead atoms. The van der Waals surface area contributed by atoms with Crippen LogP contribution in [0, 0.1) is 6.92 Å². The molecule has 2 heterocycles. The van der Waals surface area contributed by atoms with Gasteiger partial charge in [0.2, 0.25) is 10.0 Å². The van der Waals surface area contributed by atoms with Gasteiger partial charge in [0.1, 0.15) is 5.69 Å². The Bertz CT molecular complexity index is 1200. The Kier molecular flexibility index (Phi) is 5.52. The molecule has 0 aliphatic heterocycles. The van der Waals surface area contributed by atoms with Gasteiger partial charge in [0.15, 0.2) is 0 Å². The molecule has 0 atom stereocenters. The van der Waals surface area contributed by atoms with E-state index in [9.17, 15) is 26.4 Å². The highest BCUT2D eigenvalue weighted by atomic mass is 32.2. The number of rotatable bonds is 5. The second kappa shape index (κ2) is 7.65. The fourth-order valence-corrected chi connectivity index (χ4v) is 3.81. The third kappa shape index (κ3) is 4.57. The van der Waals surface area contributed by atoms with Crippen molar-refractivity contribution in [3.05, 3.63) is 47.5 Å². The Hall–Kier alpha value is -3.06. The van der Waals surface area contributed by atoms with Gasteiger partial charge in [-0.05, 0) is 51.1 Å². The fraction of sp³-hybridized carbons (Fsp3) is 0.294. The van der Waals surface area contributed by atoms with Crippen molar-refractivity contribution in [3.8, 4) is 0 Å². The van der Waals surface area contributed by atoms with Crippen molar-refractivity contribution in [3.63, 3.8) is 0 Å². The van der Waals surface area contributed by atoms with Crippen molar-refractivity contribution >= 4 is 27.4 Å². The first-order chi connectivity index (χ1) is 13.9. The van der Waals surface area contributed by atoms with Crippen LogP contribution in [-0.2, 0) is 16.2 Å². The predicted octanol–water partition coefficient (Wildman–Crippen LogP) is 2.39. The Morgan fingerprint density at radius 3 is 2.33 bits per heavy atom. The van der Waals surface area contributed by atoms with E-state index >= 15 is 0 Å². The number of halogens is 3. The minimum atomic E-state index is -4.79. The average Bonchev–Trinajstić information content (AvgIpc) is 3.04. The van der Waals surface area contributed by atoms with Gasteiger partial charge >= 0.3 is 6.18 Å². The number of aryl methyl sites for hydroxylation is 1. The molecule has 3 rings (SSSR count). The first-order valence-corrected chi connectivity index (χ1v) is 10.1. The minimum absolute atomic E-state index is 0.00226. The summed E-state index contributed by atoms with van der Waals surface area (Å²) in [6.07, 6.45) is -4.79. The molecule has 0 radical (unpaired) electrons. The number of hydrogen-bond acceptors (Lipinski definition) is 6. The van der Waals surface area contributed by atoms with Crippen LogP contribution in [0.1, 0.15) is 35.9 Å². The number of benzene rings is 1. The molecule has 0 aliphatic rings. The number of sulfonamides is 1. The molecule has 0 fully saturated rings. The van der Waals surface area contributed by atoms with Gasteiger partial charge in [0.05, 0.1) is 4.90 Å². The number of amides is 1. The maximum Gasteiger partial charge on any atom is 0.453 e. The molecule has 2 N–H and O–H groups in total. The van der Waals surface area contributed by atoms with E-state index in [1.807, 2.05) is 0 Å². The summed E-state index contributed by atoms with van der Waals surface area (Å²) in [5.74, 6) is -2.55. The second-order valence-corrected chi connectivity index (χ2v) is 8.40. The molecule has 0 aliphatic carbocycles. The van der Waals surface area contributed by atoms with E-state index in [1.165, 1.54) is 37.3 Å². The Balaban J connectivity index is 1.89. The third-order valence-electron chi connectivity index (χ3n) is 3.74. The summed E-state index contributed by atoms with van der Waals surface area (Å²) >= 11 is 0. The highest BCUT2D eigenvalue weighted by molar-refractivity contribution is 7.89. The van der Waals surface area contributed by atoms with E-state index in [0.717, 1.165) is 0 Å². The Morgan fingerprint density at radius 2 is 1.77 bits per heavy atom. The highest BCUT2D eigenvalue weighted by Gasteiger charge is 2.37. The van der Waals surface area contributed by atoms with Crippen molar-refractivity contribution in [2.45, 2.75) is 37.9 Å². The maximum atomic E-state index is 12.9. The topological polar surface area (TPSA) is 118 Å². The first kappa shape index (κ1) is 21.6. The lowest BCUT2D eigenvalue weighted by Crippen LogP contribution is -2.30. The van der Waals surface area contributed by atoms with Crippen LogP contribution in [0.5, 0.6) is 0 Å². The van der Waals surface area contributed by atoms with Crippen LogP contribution >= 0.6 is 0 Å². The van der Waals surface area contributed by atoms with Crippen LogP contribution in [0.3, 0.4) is 0 Å². The lowest BCUT2D eigenvalue weighted by atomic mass is 10.3. The zero-order chi connectivity index (χ0) is 22.3.